The molecule has 1 N–H and O–H groups in total. The highest BCUT2D eigenvalue weighted by atomic mass is 32.1. The van der Waals surface area contributed by atoms with Crippen molar-refractivity contribution < 1.29 is 9.32 Å². The first-order chi connectivity index (χ1) is 10.2. The second-order valence-electron chi connectivity index (χ2n) is 4.35. The summed E-state index contributed by atoms with van der Waals surface area (Å²) >= 11 is 3.02. The zero-order valence-corrected chi connectivity index (χ0v) is 12.8. The third-order valence-corrected chi connectivity index (χ3v) is 4.19. The van der Waals surface area contributed by atoms with Crippen molar-refractivity contribution in [2.75, 3.05) is 5.32 Å². The summed E-state index contributed by atoms with van der Waals surface area (Å²) in [4.78, 5) is 21.2. The molecule has 0 aliphatic heterocycles. The van der Waals surface area contributed by atoms with Crippen molar-refractivity contribution in [2.45, 2.75) is 19.8 Å². The van der Waals surface area contributed by atoms with E-state index in [2.05, 4.69) is 20.4 Å². The minimum Gasteiger partial charge on any atom is -0.339 e. The smallest absolute Gasteiger partial charge is 0.227 e. The predicted octanol–water partition coefficient (Wildman–Crippen LogP) is 3.13. The Balaban J connectivity index is 1.54. The third kappa shape index (κ3) is 3.53. The van der Waals surface area contributed by atoms with Crippen LogP contribution in [0.1, 0.15) is 17.2 Å². The van der Waals surface area contributed by atoms with E-state index >= 15 is 0 Å². The lowest BCUT2D eigenvalue weighted by Gasteiger charge is -1.98. The first-order valence-electron chi connectivity index (χ1n) is 6.28. The molecule has 0 spiro atoms. The molecule has 1 amide bonds. The highest BCUT2D eigenvalue weighted by molar-refractivity contribution is 7.15. The van der Waals surface area contributed by atoms with Crippen LogP contribution in [0.15, 0.2) is 27.5 Å². The average Bonchev–Trinajstić information content (AvgIpc) is 3.17. The van der Waals surface area contributed by atoms with Crippen LogP contribution < -0.4 is 5.32 Å². The van der Waals surface area contributed by atoms with E-state index in [1.54, 1.807) is 17.5 Å². The molecule has 0 unspecified atom stereocenters. The fourth-order valence-electron chi connectivity index (χ4n) is 1.68. The van der Waals surface area contributed by atoms with Gasteiger partial charge in [-0.2, -0.15) is 16.3 Å². The summed E-state index contributed by atoms with van der Waals surface area (Å²) in [5.74, 6) is 0.906. The molecule has 0 radical (unpaired) electrons. The van der Waals surface area contributed by atoms with Crippen LogP contribution in [0.3, 0.4) is 0 Å². The summed E-state index contributed by atoms with van der Waals surface area (Å²) < 4.78 is 5.14. The van der Waals surface area contributed by atoms with Gasteiger partial charge in [-0.05, 0) is 18.4 Å². The number of carbonyl (C=O) groups excluding carboxylic acids is 1. The summed E-state index contributed by atoms with van der Waals surface area (Å²) in [7, 11) is 0. The van der Waals surface area contributed by atoms with Crippen molar-refractivity contribution in [2.24, 2.45) is 0 Å². The Labute approximate surface area is 128 Å². The molecule has 21 heavy (non-hydrogen) atoms. The first-order valence-corrected chi connectivity index (χ1v) is 8.04. The molecule has 3 rings (SSSR count). The fraction of sp³-hybridized carbons (Fsp3) is 0.231. The minimum absolute atomic E-state index is 0.111. The van der Waals surface area contributed by atoms with Gasteiger partial charge in [0.15, 0.2) is 5.13 Å². The number of aromatic nitrogens is 3. The van der Waals surface area contributed by atoms with Gasteiger partial charge in [0.25, 0.3) is 0 Å². The van der Waals surface area contributed by atoms with Gasteiger partial charge in [-0.15, -0.1) is 11.3 Å². The number of hydrogen-bond donors (Lipinski definition) is 1. The minimum atomic E-state index is -0.111. The summed E-state index contributed by atoms with van der Waals surface area (Å²) in [6, 6.07) is 1.93. The predicted molar refractivity (Wildman–Crippen MR) is 81.4 cm³/mol. The SMILES string of the molecule is Cc1cnc(NC(=O)CCc2nc(-c3ccsc3)no2)s1. The lowest BCUT2D eigenvalue weighted by molar-refractivity contribution is -0.116. The number of aryl methyl sites for hydroxylation is 2. The zero-order chi connectivity index (χ0) is 14.7. The van der Waals surface area contributed by atoms with E-state index in [4.69, 9.17) is 4.52 Å². The molecule has 6 nitrogen and oxygen atoms in total. The Morgan fingerprint density at radius 2 is 2.38 bits per heavy atom. The van der Waals surface area contributed by atoms with Crippen LogP contribution in [0.25, 0.3) is 11.4 Å². The van der Waals surface area contributed by atoms with E-state index in [0.717, 1.165) is 10.4 Å². The van der Waals surface area contributed by atoms with E-state index in [9.17, 15) is 4.79 Å². The second-order valence-corrected chi connectivity index (χ2v) is 6.36. The first kappa shape index (κ1) is 13.9. The van der Waals surface area contributed by atoms with Crippen molar-refractivity contribution >= 4 is 33.7 Å². The highest BCUT2D eigenvalue weighted by Crippen LogP contribution is 2.19. The molecular weight excluding hydrogens is 308 g/mol. The standard InChI is InChI=1S/C13H12N4O2S2/c1-8-6-14-13(21-8)15-10(18)2-3-11-16-12(17-19-11)9-4-5-20-7-9/h4-7H,2-3H2,1H3,(H,14,15,18). The Kier molecular flexibility index (Phi) is 4.07. The molecular formula is C13H12N4O2S2. The number of thiophene rings is 1. The van der Waals surface area contributed by atoms with Gasteiger partial charge in [-0.3, -0.25) is 4.79 Å². The molecule has 0 aliphatic carbocycles. The van der Waals surface area contributed by atoms with Crippen molar-refractivity contribution in [3.05, 3.63) is 33.8 Å². The molecule has 108 valence electrons. The molecule has 0 saturated heterocycles. The summed E-state index contributed by atoms with van der Waals surface area (Å²) in [6.07, 6.45) is 2.42. The van der Waals surface area contributed by atoms with Crippen LogP contribution in [-0.4, -0.2) is 21.0 Å². The van der Waals surface area contributed by atoms with Gasteiger partial charge in [0.2, 0.25) is 17.6 Å². The highest BCUT2D eigenvalue weighted by Gasteiger charge is 2.11. The van der Waals surface area contributed by atoms with E-state index < -0.39 is 0 Å². The molecule has 0 aromatic carbocycles. The number of nitrogens with zero attached hydrogens (tertiary/aromatic N) is 3. The number of rotatable bonds is 5. The van der Waals surface area contributed by atoms with Gasteiger partial charge >= 0.3 is 0 Å². The topological polar surface area (TPSA) is 80.9 Å². The van der Waals surface area contributed by atoms with Crippen LogP contribution >= 0.6 is 22.7 Å². The molecule has 0 saturated carbocycles. The number of nitrogens with one attached hydrogen (secondary N) is 1. The van der Waals surface area contributed by atoms with Crippen LogP contribution in [0, 0.1) is 6.92 Å². The molecule has 8 heteroatoms. The average molecular weight is 320 g/mol. The van der Waals surface area contributed by atoms with Crippen molar-refractivity contribution in [3.8, 4) is 11.4 Å². The van der Waals surface area contributed by atoms with E-state index in [1.807, 2.05) is 23.8 Å². The van der Waals surface area contributed by atoms with E-state index in [-0.39, 0.29) is 12.3 Å². The van der Waals surface area contributed by atoms with Gasteiger partial charge in [-0.25, -0.2) is 4.98 Å². The number of amides is 1. The zero-order valence-electron chi connectivity index (χ0n) is 11.2. The molecule has 0 bridgehead atoms. The number of hydrogen-bond acceptors (Lipinski definition) is 7. The van der Waals surface area contributed by atoms with Gasteiger partial charge < -0.3 is 9.84 Å². The van der Waals surface area contributed by atoms with Gasteiger partial charge in [0.1, 0.15) is 0 Å². The van der Waals surface area contributed by atoms with Crippen LogP contribution in [-0.2, 0) is 11.2 Å². The Morgan fingerprint density at radius 1 is 1.48 bits per heavy atom. The largest absolute Gasteiger partial charge is 0.339 e. The van der Waals surface area contributed by atoms with Gasteiger partial charge in [0, 0.05) is 34.9 Å². The Morgan fingerprint density at radius 3 is 3.10 bits per heavy atom. The maximum Gasteiger partial charge on any atom is 0.227 e. The van der Waals surface area contributed by atoms with Crippen molar-refractivity contribution in [3.63, 3.8) is 0 Å². The Bertz CT molecular complexity index is 733. The fourth-order valence-corrected chi connectivity index (χ4v) is 3.00. The maximum absolute atomic E-state index is 11.8. The maximum atomic E-state index is 11.8. The molecule has 0 fully saturated rings. The van der Waals surface area contributed by atoms with Crippen molar-refractivity contribution in [1.82, 2.24) is 15.1 Å². The summed E-state index contributed by atoms with van der Waals surface area (Å²) in [6.45, 7) is 1.94. The van der Waals surface area contributed by atoms with Crippen LogP contribution in [0.5, 0.6) is 0 Å². The van der Waals surface area contributed by atoms with E-state index in [0.29, 0.717) is 23.3 Å². The number of anilines is 1. The third-order valence-electron chi connectivity index (χ3n) is 2.68. The second kappa shape index (κ2) is 6.15. The van der Waals surface area contributed by atoms with Gasteiger partial charge in [-0.1, -0.05) is 5.16 Å². The van der Waals surface area contributed by atoms with Crippen LogP contribution in [0.2, 0.25) is 0 Å². The summed E-state index contributed by atoms with van der Waals surface area (Å²) in [5.41, 5.74) is 0.928. The molecule has 0 atom stereocenters. The lowest BCUT2D eigenvalue weighted by atomic mass is 10.3. The van der Waals surface area contributed by atoms with Crippen molar-refractivity contribution in [1.29, 1.82) is 0 Å². The molecule has 3 aromatic heterocycles. The van der Waals surface area contributed by atoms with Gasteiger partial charge in [0.05, 0.1) is 0 Å². The number of thiazole rings is 1. The molecule has 0 aliphatic rings. The Hall–Kier alpha value is -2.06. The lowest BCUT2D eigenvalue weighted by Crippen LogP contribution is -2.12. The normalized spacial score (nSPS) is 10.7. The van der Waals surface area contributed by atoms with E-state index in [1.165, 1.54) is 11.3 Å². The quantitative estimate of drug-likeness (QED) is 0.781. The van der Waals surface area contributed by atoms with Crippen LogP contribution in [0.4, 0.5) is 5.13 Å². The molecule has 3 heterocycles. The number of carbonyl (C=O) groups is 1. The molecule has 3 aromatic rings. The monoisotopic (exact) mass is 320 g/mol. The summed E-state index contributed by atoms with van der Waals surface area (Å²) in [5, 5.41) is 11.2.